The lowest BCUT2D eigenvalue weighted by atomic mass is 10.1. The molecule has 115 valence electrons. The van der Waals surface area contributed by atoms with Crippen molar-refractivity contribution in [1.82, 2.24) is 15.6 Å². The van der Waals surface area contributed by atoms with Crippen LogP contribution in [0, 0.1) is 0 Å². The Kier molecular flexibility index (Phi) is 4.93. The molecule has 2 unspecified atom stereocenters. The molecule has 3 N–H and O–H groups in total. The largest absolute Gasteiger partial charge is 0.361 e. The minimum atomic E-state index is -0.761. The van der Waals surface area contributed by atoms with Gasteiger partial charge in [-0.3, -0.25) is 14.4 Å². The van der Waals surface area contributed by atoms with E-state index in [-0.39, 0.29) is 5.91 Å². The van der Waals surface area contributed by atoms with Gasteiger partial charge in [-0.05, 0) is 18.6 Å². The lowest BCUT2D eigenvalue weighted by Crippen LogP contribution is -2.48. The number of aromatic nitrogens is 1. The summed E-state index contributed by atoms with van der Waals surface area (Å²) in [6.45, 7) is 2.89. The third-order valence-corrected chi connectivity index (χ3v) is 3.37. The predicted molar refractivity (Wildman–Crippen MR) is 82.9 cm³/mol. The van der Waals surface area contributed by atoms with Crippen LogP contribution in [0.1, 0.15) is 19.4 Å². The van der Waals surface area contributed by atoms with Crippen molar-refractivity contribution in [3.05, 3.63) is 36.0 Å². The van der Waals surface area contributed by atoms with Gasteiger partial charge in [0, 0.05) is 30.4 Å². The molecule has 0 spiro atoms. The van der Waals surface area contributed by atoms with Gasteiger partial charge in [0.05, 0.1) is 6.04 Å². The molecule has 0 aliphatic heterocycles. The number of fused-ring (bicyclic) bond motifs is 1. The lowest BCUT2D eigenvalue weighted by Gasteiger charge is -2.16. The minimum Gasteiger partial charge on any atom is -0.361 e. The van der Waals surface area contributed by atoms with E-state index < -0.39 is 18.0 Å². The molecule has 2 rings (SSSR count). The number of rotatable bonds is 6. The maximum absolute atomic E-state index is 11.9. The first kappa shape index (κ1) is 15.8. The highest BCUT2D eigenvalue weighted by molar-refractivity contribution is 5.88. The van der Waals surface area contributed by atoms with E-state index in [0.717, 1.165) is 16.5 Å². The minimum absolute atomic E-state index is 0.300. The number of benzene rings is 1. The fraction of sp³-hybridized carbons (Fsp3) is 0.312. The third-order valence-electron chi connectivity index (χ3n) is 3.37. The first-order valence-corrected chi connectivity index (χ1v) is 7.01. The van der Waals surface area contributed by atoms with Gasteiger partial charge in [-0.2, -0.15) is 0 Å². The van der Waals surface area contributed by atoms with Crippen LogP contribution in [0.3, 0.4) is 0 Å². The van der Waals surface area contributed by atoms with Crippen molar-refractivity contribution in [2.45, 2.75) is 32.4 Å². The highest BCUT2D eigenvalue weighted by Crippen LogP contribution is 2.18. The average Bonchev–Trinajstić information content (AvgIpc) is 2.89. The van der Waals surface area contributed by atoms with Crippen molar-refractivity contribution in [3.8, 4) is 0 Å². The second-order valence-corrected chi connectivity index (χ2v) is 5.16. The number of H-pyrrole nitrogens is 1. The summed E-state index contributed by atoms with van der Waals surface area (Å²) >= 11 is 0. The Bertz CT molecular complexity index is 693. The van der Waals surface area contributed by atoms with Gasteiger partial charge in [0.1, 0.15) is 6.04 Å². The van der Waals surface area contributed by atoms with Crippen LogP contribution in [-0.4, -0.2) is 35.2 Å². The van der Waals surface area contributed by atoms with Crippen molar-refractivity contribution >= 4 is 29.0 Å². The first-order chi connectivity index (χ1) is 10.5. The van der Waals surface area contributed by atoms with Crippen molar-refractivity contribution in [2.24, 2.45) is 0 Å². The maximum Gasteiger partial charge on any atom is 0.242 e. The molecule has 0 aliphatic rings. The van der Waals surface area contributed by atoms with Crippen LogP contribution in [0.25, 0.3) is 10.9 Å². The van der Waals surface area contributed by atoms with Gasteiger partial charge < -0.3 is 15.6 Å². The number of amides is 2. The summed E-state index contributed by atoms with van der Waals surface area (Å²) in [6.07, 6.45) is 3.99. The van der Waals surface area contributed by atoms with Crippen LogP contribution in [0.2, 0.25) is 0 Å². The van der Waals surface area contributed by atoms with Crippen molar-refractivity contribution in [3.63, 3.8) is 0 Å². The van der Waals surface area contributed by atoms with Crippen molar-refractivity contribution in [2.75, 3.05) is 0 Å². The van der Waals surface area contributed by atoms with E-state index in [2.05, 4.69) is 15.6 Å². The monoisotopic (exact) mass is 300 g/mol. The Balaban J connectivity index is 2.05. The van der Waals surface area contributed by atoms with Crippen LogP contribution in [0.15, 0.2) is 30.5 Å². The Labute approximate surface area is 128 Å². The van der Waals surface area contributed by atoms with Gasteiger partial charge in [0.15, 0.2) is 0 Å². The van der Waals surface area contributed by atoms with E-state index in [1.807, 2.05) is 36.7 Å². The molecule has 0 fully saturated rings. The van der Waals surface area contributed by atoms with Gasteiger partial charge in [-0.25, -0.2) is 0 Å². The Morgan fingerprint density at radius 1 is 1.27 bits per heavy atom. The van der Waals surface area contributed by atoms with Crippen LogP contribution in [-0.2, 0) is 20.8 Å². The number of para-hydroxylation sites is 1. The van der Waals surface area contributed by atoms with Crippen molar-refractivity contribution < 1.29 is 14.4 Å². The summed E-state index contributed by atoms with van der Waals surface area (Å²) in [5.74, 6) is -0.714. The normalized spacial score (nSPS) is 13.4. The molecule has 22 heavy (non-hydrogen) atoms. The van der Waals surface area contributed by atoms with E-state index in [4.69, 9.17) is 0 Å². The third kappa shape index (κ3) is 3.72. The lowest BCUT2D eigenvalue weighted by molar-refractivity contribution is -0.127. The standard InChI is InChI=1S/C16H18N3O3/c1-10(18-11(2)21)16(22)19-13(9-20)7-12-8-17-15-6-4-3-5-14(12)15/h3-6,8,10,13,17H,7H2,1-2H3,(H,18,21)(H,19,22). The number of carbonyl (C=O) groups is 2. The number of aromatic amines is 1. The summed E-state index contributed by atoms with van der Waals surface area (Å²) in [7, 11) is 0. The zero-order chi connectivity index (χ0) is 16.1. The molecular weight excluding hydrogens is 282 g/mol. The maximum atomic E-state index is 11.9. The van der Waals surface area contributed by atoms with Crippen LogP contribution < -0.4 is 10.6 Å². The average molecular weight is 300 g/mol. The molecule has 2 amide bonds. The van der Waals surface area contributed by atoms with Gasteiger partial charge in [0.25, 0.3) is 0 Å². The summed E-state index contributed by atoms with van der Waals surface area (Å²) in [4.78, 5) is 37.1. The first-order valence-electron chi connectivity index (χ1n) is 7.01. The number of hydrogen-bond donors (Lipinski definition) is 3. The van der Waals surface area contributed by atoms with E-state index in [9.17, 15) is 14.4 Å². The van der Waals surface area contributed by atoms with Gasteiger partial charge in [0.2, 0.25) is 18.1 Å². The Morgan fingerprint density at radius 2 is 2.00 bits per heavy atom. The van der Waals surface area contributed by atoms with Crippen molar-refractivity contribution in [1.29, 1.82) is 0 Å². The summed E-state index contributed by atoms with van der Waals surface area (Å²) in [5, 5.41) is 6.06. The molecule has 1 aromatic heterocycles. The van der Waals surface area contributed by atoms with Crippen LogP contribution in [0.4, 0.5) is 0 Å². The molecule has 1 aromatic carbocycles. The van der Waals surface area contributed by atoms with Crippen LogP contribution in [0.5, 0.6) is 0 Å². The fourth-order valence-corrected chi connectivity index (χ4v) is 2.31. The molecule has 6 nitrogen and oxygen atoms in total. The fourth-order valence-electron chi connectivity index (χ4n) is 2.31. The van der Waals surface area contributed by atoms with E-state index >= 15 is 0 Å². The molecule has 0 bridgehead atoms. The second kappa shape index (κ2) is 6.89. The summed E-state index contributed by atoms with van der Waals surface area (Å²) in [6, 6.07) is 6.26. The molecule has 0 aliphatic carbocycles. The molecule has 1 heterocycles. The Hall–Kier alpha value is -2.63. The second-order valence-electron chi connectivity index (χ2n) is 5.16. The van der Waals surface area contributed by atoms with Gasteiger partial charge in [-0.15, -0.1) is 0 Å². The summed E-state index contributed by atoms with van der Waals surface area (Å²) in [5.41, 5.74) is 1.90. The molecule has 2 atom stereocenters. The number of nitrogens with one attached hydrogen (secondary N) is 3. The van der Waals surface area contributed by atoms with E-state index in [0.29, 0.717) is 6.42 Å². The van der Waals surface area contributed by atoms with E-state index in [1.54, 1.807) is 6.92 Å². The summed E-state index contributed by atoms with van der Waals surface area (Å²) < 4.78 is 0. The molecule has 0 saturated heterocycles. The highest BCUT2D eigenvalue weighted by Gasteiger charge is 2.19. The smallest absolute Gasteiger partial charge is 0.242 e. The molecule has 0 saturated carbocycles. The Morgan fingerprint density at radius 3 is 2.68 bits per heavy atom. The SMILES string of the molecule is CC(=O)NC(C)C(=O)NC([C]=O)Cc1c[nH]c2ccccc12. The highest BCUT2D eigenvalue weighted by atomic mass is 16.2. The predicted octanol–water partition coefficient (Wildman–Crippen LogP) is 0.830. The molecule has 1 radical (unpaired) electrons. The number of carbonyl (C=O) groups excluding carboxylic acids is 3. The van der Waals surface area contributed by atoms with E-state index in [1.165, 1.54) is 6.92 Å². The van der Waals surface area contributed by atoms with Gasteiger partial charge >= 0.3 is 0 Å². The molecule has 2 aromatic rings. The quantitative estimate of drug-likeness (QED) is 0.738. The zero-order valence-corrected chi connectivity index (χ0v) is 12.5. The molecule has 6 heteroatoms. The topological polar surface area (TPSA) is 91.1 Å². The molecular formula is C16H18N3O3. The van der Waals surface area contributed by atoms with Gasteiger partial charge in [-0.1, -0.05) is 18.2 Å². The zero-order valence-electron chi connectivity index (χ0n) is 12.5. The van der Waals surface area contributed by atoms with Crippen LogP contribution >= 0.6 is 0 Å². The number of hydrogen-bond acceptors (Lipinski definition) is 3.